The predicted molar refractivity (Wildman–Crippen MR) is 83.9 cm³/mol. The van der Waals surface area contributed by atoms with E-state index in [1.807, 2.05) is 0 Å². The van der Waals surface area contributed by atoms with E-state index in [4.69, 9.17) is 0 Å². The highest BCUT2D eigenvalue weighted by atomic mass is 32.5. The van der Waals surface area contributed by atoms with Gasteiger partial charge in [-0.15, -0.1) is 23.5 Å². The molecule has 0 N–H and O–H groups in total. The highest BCUT2D eigenvalue weighted by molar-refractivity contribution is 8.45. The van der Waals surface area contributed by atoms with Crippen molar-refractivity contribution in [2.24, 2.45) is 5.92 Å². The number of hydrogen-bond acceptors (Lipinski definition) is 2. The molecule has 8 heteroatoms. The molecule has 1 fully saturated rings. The fourth-order valence-electron chi connectivity index (χ4n) is 2.19. The minimum atomic E-state index is -9.55. The molecular formula is C13H17F5S3. The monoisotopic (exact) mass is 364 g/mol. The summed E-state index contributed by atoms with van der Waals surface area (Å²) >= 11 is 3.36. The number of hydrogen-bond donors (Lipinski definition) is 0. The van der Waals surface area contributed by atoms with Crippen LogP contribution in [0.5, 0.6) is 0 Å². The van der Waals surface area contributed by atoms with Crippen molar-refractivity contribution < 1.29 is 19.4 Å². The largest absolute Gasteiger partial charge is 0.310 e. The SMILES string of the molecule is CCCC1CSC(c2ccc(S(F)(F)(F)(F)F)cc2)SC1. The summed E-state index contributed by atoms with van der Waals surface area (Å²) in [5.41, 5.74) is 0.672. The first kappa shape index (κ1) is 17.3. The van der Waals surface area contributed by atoms with Gasteiger partial charge in [0, 0.05) is 0 Å². The maximum absolute atomic E-state index is 12.6. The highest BCUT2D eigenvalue weighted by Gasteiger charge is 2.65. The van der Waals surface area contributed by atoms with Crippen LogP contribution in [-0.4, -0.2) is 11.5 Å². The summed E-state index contributed by atoms with van der Waals surface area (Å²) in [7, 11) is -9.55. The first-order valence-electron chi connectivity index (χ1n) is 6.57. The highest BCUT2D eigenvalue weighted by Crippen LogP contribution is 3.02. The van der Waals surface area contributed by atoms with E-state index in [1.165, 1.54) is 12.1 Å². The summed E-state index contributed by atoms with van der Waals surface area (Å²) in [6.07, 6.45) is 2.27. The molecule has 1 aliphatic rings. The lowest BCUT2D eigenvalue weighted by Crippen LogP contribution is -2.14. The standard InChI is InChI=1S/C13H17F5S3/c1-2-3-10-8-19-13(20-9-10)11-4-6-12(7-5-11)21(14,15,16,17)18/h4-7,10,13H,2-3,8-9H2,1H3. The molecule has 0 aliphatic carbocycles. The molecule has 0 bridgehead atoms. The van der Waals surface area contributed by atoms with Crippen molar-refractivity contribution >= 4 is 33.7 Å². The molecule has 1 aromatic rings. The second-order valence-electron chi connectivity index (χ2n) is 5.19. The third-order valence-corrected chi connectivity index (χ3v) is 7.72. The zero-order valence-corrected chi connectivity index (χ0v) is 13.9. The van der Waals surface area contributed by atoms with Gasteiger partial charge < -0.3 is 0 Å². The lowest BCUT2D eigenvalue weighted by Gasteiger charge is -2.40. The zero-order chi connectivity index (χ0) is 15.8. The fourth-order valence-corrected chi connectivity index (χ4v) is 6.01. The van der Waals surface area contributed by atoms with Crippen LogP contribution in [0.4, 0.5) is 19.4 Å². The zero-order valence-electron chi connectivity index (χ0n) is 11.4. The van der Waals surface area contributed by atoms with Crippen LogP contribution in [0.1, 0.15) is 29.9 Å². The molecule has 0 nitrogen and oxygen atoms in total. The maximum atomic E-state index is 12.6. The minimum Gasteiger partial charge on any atom is -0.142 e. The number of benzene rings is 1. The molecular weight excluding hydrogens is 347 g/mol. The molecule has 0 aromatic heterocycles. The Hall–Kier alpha value is -0.0800. The van der Waals surface area contributed by atoms with Gasteiger partial charge in [-0.05, 0) is 41.5 Å². The van der Waals surface area contributed by atoms with Crippen LogP contribution in [0, 0.1) is 5.92 Å². The Labute approximate surface area is 130 Å². The van der Waals surface area contributed by atoms with Crippen LogP contribution in [0.25, 0.3) is 0 Å². The van der Waals surface area contributed by atoms with Gasteiger partial charge in [0.25, 0.3) is 0 Å². The molecule has 0 amide bonds. The Bertz CT molecular complexity index is 488. The number of rotatable bonds is 4. The van der Waals surface area contributed by atoms with Gasteiger partial charge >= 0.3 is 10.2 Å². The Morgan fingerprint density at radius 2 is 1.52 bits per heavy atom. The molecule has 0 radical (unpaired) electrons. The summed E-state index contributed by atoms with van der Waals surface area (Å²) in [5, 5.41) is 0. The van der Waals surface area contributed by atoms with E-state index in [1.54, 1.807) is 23.5 Å². The topological polar surface area (TPSA) is 0 Å². The maximum Gasteiger partial charge on any atom is 0.310 e. The van der Waals surface area contributed by atoms with Gasteiger partial charge in [-0.3, -0.25) is 0 Å². The van der Waals surface area contributed by atoms with E-state index in [0.29, 0.717) is 23.6 Å². The van der Waals surface area contributed by atoms with E-state index < -0.39 is 15.1 Å². The van der Waals surface area contributed by atoms with Crippen molar-refractivity contribution in [3.63, 3.8) is 0 Å². The predicted octanol–water partition coefficient (Wildman–Crippen LogP) is 7.24. The van der Waals surface area contributed by atoms with Gasteiger partial charge in [-0.2, -0.15) is 0 Å². The first-order chi connectivity index (χ1) is 9.49. The van der Waals surface area contributed by atoms with Gasteiger partial charge in [0.05, 0.1) is 4.58 Å². The molecule has 0 atom stereocenters. The van der Waals surface area contributed by atoms with Crippen molar-refractivity contribution in [2.45, 2.75) is 29.2 Å². The second kappa shape index (κ2) is 5.23. The smallest absolute Gasteiger partial charge is 0.142 e. The van der Waals surface area contributed by atoms with Crippen LogP contribution in [0.2, 0.25) is 0 Å². The van der Waals surface area contributed by atoms with E-state index >= 15 is 0 Å². The van der Waals surface area contributed by atoms with Gasteiger partial charge in [0.2, 0.25) is 0 Å². The Morgan fingerprint density at radius 1 is 1.00 bits per heavy atom. The van der Waals surface area contributed by atoms with Crippen molar-refractivity contribution in [3.8, 4) is 0 Å². The Balaban J connectivity index is 2.08. The van der Waals surface area contributed by atoms with E-state index in [-0.39, 0.29) is 4.58 Å². The summed E-state index contributed by atoms with van der Waals surface area (Å²) in [4.78, 5) is -1.81. The molecule has 1 aromatic carbocycles. The summed E-state index contributed by atoms with van der Waals surface area (Å²) in [5.74, 6) is 2.56. The summed E-state index contributed by atoms with van der Waals surface area (Å²) in [6, 6.07) is 3.38. The lowest BCUT2D eigenvalue weighted by atomic mass is 10.1. The average Bonchev–Trinajstić information content (AvgIpc) is 2.38. The fraction of sp³-hybridized carbons (Fsp3) is 0.538. The van der Waals surface area contributed by atoms with Crippen LogP contribution >= 0.6 is 33.7 Å². The summed E-state index contributed by atoms with van der Waals surface area (Å²) in [6.45, 7) is 2.13. The number of halogens is 5. The Morgan fingerprint density at radius 3 is 1.95 bits per heavy atom. The van der Waals surface area contributed by atoms with E-state index in [0.717, 1.165) is 24.3 Å². The van der Waals surface area contributed by atoms with E-state index in [9.17, 15) is 19.4 Å². The molecule has 1 heterocycles. The lowest BCUT2D eigenvalue weighted by molar-refractivity contribution is 0.364. The minimum absolute atomic E-state index is 0.0330. The van der Waals surface area contributed by atoms with Crippen molar-refractivity contribution in [3.05, 3.63) is 29.8 Å². The molecule has 0 saturated carbocycles. The number of thioether (sulfide) groups is 2. The molecule has 0 spiro atoms. The quantitative estimate of drug-likeness (QED) is 0.517. The van der Waals surface area contributed by atoms with Crippen LogP contribution in [-0.2, 0) is 0 Å². The normalized spacial score (nSPS) is 27.0. The van der Waals surface area contributed by atoms with Gasteiger partial charge in [0.15, 0.2) is 0 Å². The van der Waals surface area contributed by atoms with Crippen LogP contribution in [0.15, 0.2) is 29.2 Å². The molecule has 1 aliphatic heterocycles. The Kier molecular flexibility index (Phi) is 4.30. The van der Waals surface area contributed by atoms with Gasteiger partial charge in [-0.25, -0.2) is 0 Å². The van der Waals surface area contributed by atoms with Crippen LogP contribution < -0.4 is 0 Å². The third-order valence-electron chi connectivity index (χ3n) is 3.26. The van der Waals surface area contributed by atoms with Crippen molar-refractivity contribution in [1.82, 2.24) is 0 Å². The molecule has 21 heavy (non-hydrogen) atoms. The average molecular weight is 364 g/mol. The van der Waals surface area contributed by atoms with Gasteiger partial charge in [0.1, 0.15) is 4.90 Å². The molecule has 1 saturated heterocycles. The van der Waals surface area contributed by atoms with E-state index in [2.05, 4.69) is 6.92 Å². The van der Waals surface area contributed by atoms with Crippen LogP contribution in [0.3, 0.4) is 0 Å². The molecule has 2 rings (SSSR count). The molecule has 0 unspecified atom stereocenters. The molecule has 122 valence electrons. The van der Waals surface area contributed by atoms with Crippen molar-refractivity contribution in [1.29, 1.82) is 0 Å². The second-order valence-corrected chi connectivity index (χ2v) is 10.2. The first-order valence-corrected chi connectivity index (χ1v) is 10.6. The summed E-state index contributed by atoms with van der Waals surface area (Å²) < 4.78 is 63.3. The third kappa shape index (κ3) is 4.69. The van der Waals surface area contributed by atoms with Gasteiger partial charge in [-0.1, -0.05) is 44.9 Å². The van der Waals surface area contributed by atoms with Crippen molar-refractivity contribution in [2.75, 3.05) is 11.5 Å².